The second-order valence-electron chi connectivity index (χ2n) is 5.04. The van der Waals surface area contributed by atoms with E-state index in [1.807, 2.05) is 6.92 Å². The van der Waals surface area contributed by atoms with Crippen molar-refractivity contribution in [3.8, 4) is 0 Å². The third-order valence-electron chi connectivity index (χ3n) is 3.44. The average molecular weight is 264 g/mol. The van der Waals surface area contributed by atoms with Crippen LogP contribution in [0, 0.1) is 5.92 Å². The fraction of sp³-hybridized carbons (Fsp3) is 0.917. The Kier molecular flexibility index (Phi) is 7.75. The van der Waals surface area contributed by atoms with E-state index in [-0.39, 0.29) is 24.4 Å². The Morgan fingerprint density at radius 2 is 2.24 bits per heavy atom. The maximum atomic E-state index is 11.7. The van der Waals surface area contributed by atoms with E-state index in [9.17, 15) is 4.79 Å². The summed E-state index contributed by atoms with van der Waals surface area (Å²) in [6.45, 7) is 8.67. The first-order valence-corrected chi connectivity index (χ1v) is 6.30. The van der Waals surface area contributed by atoms with E-state index in [1.54, 1.807) is 0 Å². The van der Waals surface area contributed by atoms with Crippen molar-refractivity contribution < 1.29 is 4.79 Å². The van der Waals surface area contributed by atoms with Gasteiger partial charge >= 0.3 is 0 Å². The summed E-state index contributed by atoms with van der Waals surface area (Å²) in [6.07, 6.45) is 1.98. The zero-order valence-corrected chi connectivity index (χ0v) is 11.9. The highest BCUT2D eigenvalue weighted by molar-refractivity contribution is 5.85. The number of piperidine rings is 1. The number of likely N-dealkylation sites (tertiary alicyclic amines) is 1. The quantitative estimate of drug-likeness (QED) is 0.795. The van der Waals surface area contributed by atoms with Crippen molar-refractivity contribution in [2.45, 2.75) is 45.7 Å². The molecule has 3 N–H and O–H groups in total. The van der Waals surface area contributed by atoms with Crippen LogP contribution in [0.1, 0.15) is 33.6 Å². The topological polar surface area (TPSA) is 58.4 Å². The van der Waals surface area contributed by atoms with E-state index in [0.29, 0.717) is 18.5 Å². The maximum Gasteiger partial charge on any atom is 0.234 e. The largest absolute Gasteiger partial charge is 0.353 e. The van der Waals surface area contributed by atoms with Crippen molar-refractivity contribution in [1.82, 2.24) is 10.2 Å². The van der Waals surface area contributed by atoms with Gasteiger partial charge in [-0.2, -0.15) is 0 Å². The second kappa shape index (κ2) is 7.90. The Morgan fingerprint density at radius 3 is 2.76 bits per heavy atom. The van der Waals surface area contributed by atoms with Gasteiger partial charge in [-0.05, 0) is 25.7 Å². The van der Waals surface area contributed by atoms with E-state index in [0.717, 1.165) is 25.9 Å². The first-order chi connectivity index (χ1) is 7.52. The molecule has 1 aliphatic rings. The van der Waals surface area contributed by atoms with Crippen LogP contribution in [0.4, 0.5) is 0 Å². The molecule has 4 nitrogen and oxygen atoms in total. The van der Waals surface area contributed by atoms with Crippen LogP contribution >= 0.6 is 12.4 Å². The standard InChI is InChI=1S/C12H25N3O.ClH/c1-4-10(3)14-12(16)8-15-6-5-11(13)9(2)7-15;/h9-11H,4-8,13H2,1-3H3,(H,14,16);1H. The molecule has 3 atom stereocenters. The van der Waals surface area contributed by atoms with Crippen LogP contribution in [0.3, 0.4) is 0 Å². The molecule has 1 amide bonds. The van der Waals surface area contributed by atoms with Crippen molar-refractivity contribution >= 4 is 18.3 Å². The van der Waals surface area contributed by atoms with Crippen molar-refractivity contribution in [2.24, 2.45) is 11.7 Å². The molecule has 0 aliphatic carbocycles. The van der Waals surface area contributed by atoms with Gasteiger partial charge in [0.2, 0.25) is 5.91 Å². The monoisotopic (exact) mass is 263 g/mol. The number of hydrogen-bond acceptors (Lipinski definition) is 3. The van der Waals surface area contributed by atoms with Gasteiger partial charge in [0.1, 0.15) is 0 Å². The Hall–Kier alpha value is -0.320. The van der Waals surface area contributed by atoms with Gasteiger partial charge in [-0.1, -0.05) is 13.8 Å². The van der Waals surface area contributed by atoms with Gasteiger partial charge in [0.25, 0.3) is 0 Å². The van der Waals surface area contributed by atoms with E-state index in [1.165, 1.54) is 0 Å². The number of nitrogens with two attached hydrogens (primary N) is 1. The van der Waals surface area contributed by atoms with E-state index in [2.05, 4.69) is 24.1 Å². The summed E-state index contributed by atoms with van der Waals surface area (Å²) in [5.74, 6) is 0.627. The van der Waals surface area contributed by atoms with Crippen LogP contribution in [0.15, 0.2) is 0 Å². The minimum atomic E-state index is 0. The van der Waals surface area contributed by atoms with Crippen molar-refractivity contribution in [3.63, 3.8) is 0 Å². The summed E-state index contributed by atoms with van der Waals surface area (Å²) in [7, 11) is 0. The maximum absolute atomic E-state index is 11.7. The summed E-state index contributed by atoms with van der Waals surface area (Å²) in [4.78, 5) is 13.9. The summed E-state index contributed by atoms with van der Waals surface area (Å²) in [5, 5.41) is 2.99. The lowest BCUT2D eigenvalue weighted by Gasteiger charge is -2.34. The molecule has 1 fully saturated rings. The van der Waals surface area contributed by atoms with Gasteiger partial charge in [-0.25, -0.2) is 0 Å². The molecule has 0 aromatic heterocycles. The van der Waals surface area contributed by atoms with Gasteiger partial charge in [-0.15, -0.1) is 12.4 Å². The lowest BCUT2D eigenvalue weighted by atomic mass is 9.95. The number of hydrogen-bond donors (Lipinski definition) is 2. The molecule has 17 heavy (non-hydrogen) atoms. The van der Waals surface area contributed by atoms with Crippen LogP contribution in [0.25, 0.3) is 0 Å². The molecule has 3 unspecified atom stereocenters. The Bertz CT molecular complexity index is 238. The third kappa shape index (κ3) is 5.70. The molecule has 0 saturated carbocycles. The number of rotatable bonds is 4. The SMILES string of the molecule is CCC(C)NC(=O)CN1CCC(N)C(C)C1.Cl. The highest BCUT2D eigenvalue weighted by atomic mass is 35.5. The fourth-order valence-electron chi connectivity index (χ4n) is 2.02. The molecule has 1 rings (SSSR count). The van der Waals surface area contributed by atoms with E-state index >= 15 is 0 Å². The van der Waals surface area contributed by atoms with Gasteiger partial charge in [-0.3, -0.25) is 9.69 Å². The fourth-order valence-corrected chi connectivity index (χ4v) is 2.02. The van der Waals surface area contributed by atoms with Crippen LogP contribution in [0.2, 0.25) is 0 Å². The summed E-state index contributed by atoms with van der Waals surface area (Å²) in [6, 6.07) is 0.575. The van der Waals surface area contributed by atoms with E-state index < -0.39 is 0 Å². The minimum absolute atomic E-state index is 0. The summed E-state index contributed by atoms with van der Waals surface area (Å²) < 4.78 is 0. The molecule has 0 aromatic carbocycles. The van der Waals surface area contributed by atoms with Crippen molar-refractivity contribution in [3.05, 3.63) is 0 Å². The molecule has 5 heteroatoms. The molecule has 1 aliphatic heterocycles. The molecule has 1 saturated heterocycles. The lowest BCUT2D eigenvalue weighted by molar-refractivity contribution is -0.123. The first-order valence-electron chi connectivity index (χ1n) is 6.30. The molecular formula is C12H26ClN3O. The predicted molar refractivity (Wildman–Crippen MR) is 73.3 cm³/mol. The predicted octanol–water partition coefficient (Wildman–Crippen LogP) is 0.992. The van der Waals surface area contributed by atoms with Crippen LogP contribution in [-0.2, 0) is 4.79 Å². The second-order valence-corrected chi connectivity index (χ2v) is 5.04. The summed E-state index contributed by atoms with van der Waals surface area (Å²) in [5.41, 5.74) is 5.95. The highest BCUT2D eigenvalue weighted by Gasteiger charge is 2.24. The Labute approximate surface area is 111 Å². The van der Waals surface area contributed by atoms with Crippen LogP contribution in [0.5, 0.6) is 0 Å². The van der Waals surface area contributed by atoms with Crippen molar-refractivity contribution in [1.29, 1.82) is 0 Å². The van der Waals surface area contributed by atoms with Gasteiger partial charge in [0, 0.05) is 25.2 Å². The zero-order valence-electron chi connectivity index (χ0n) is 11.1. The van der Waals surface area contributed by atoms with Crippen LogP contribution < -0.4 is 11.1 Å². The number of nitrogens with zero attached hydrogens (tertiary/aromatic N) is 1. The van der Waals surface area contributed by atoms with Crippen LogP contribution in [-0.4, -0.2) is 42.5 Å². The first kappa shape index (κ1) is 16.7. The lowest BCUT2D eigenvalue weighted by Crippen LogP contribution is -2.49. The molecule has 0 radical (unpaired) electrons. The number of halogens is 1. The van der Waals surface area contributed by atoms with Gasteiger partial charge in [0.15, 0.2) is 0 Å². The smallest absolute Gasteiger partial charge is 0.234 e. The van der Waals surface area contributed by atoms with Gasteiger partial charge in [0.05, 0.1) is 6.54 Å². The molecule has 1 heterocycles. The Balaban J connectivity index is 0.00000256. The van der Waals surface area contributed by atoms with E-state index in [4.69, 9.17) is 5.73 Å². The van der Waals surface area contributed by atoms with Gasteiger partial charge < -0.3 is 11.1 Å². The number of carbonyl (C=O) groups excluding carboxylic acids is 1. The molecule has 0 aromatic rings. The normalized spacial score (nSPS) is 27.1. The Morgan fingerprint density at radius 1 is 1.59 bits per heavy atom. The number of nitrogens with one attached hydrogen (secondary N) is 1. The third-order valence-corrected chi connectivity index (χ3v) is 3.44. The zero-order chi connectivity index (χ0) is 12.1. The highest BCUT2D eigenvalue weighted by Crippen LogP contribution is 2.14. The van der Waals surface area contributed by atoms with Crippen molar-refractivity contribution in [2.75, 3.05) is 19.6 Å². The molecule has 0 spiro atoms. The minimum Gasteiger partial charge on any atom is -0.353 e. The molecule has 102 valence electrons. The molecule has 0 bridgehead atoms. The summed E-state index contributed by atoms with van der Waals surface area (Å²) >= 11 is 0. The number of amides is 1. The average Bonchev–Trinajstić information content (AvgIpc) is 2.23. The molecular weight excluding hydrogens is 238 g/mol. The number of carbonyl (C=O) groups is 1.